The van der Waals surface area contributed by atoms with Crippen molar-refractivity contribution >= 4 is 34.8 Å². The molecule has 28 heavy (non-hydrogen) atoms. The molecule has 3 amide bonds. The maximum Gasteiger partial charge on any atom is 0.471 e. The average molecular weight is 390 g/mol. The summed E-state index contributed by atoms with van der Waals surface area (Å²) >= 11 is 0. The second kappa shape index (κ2) is 8.68. The van der Waals surface area contributed by atoms with E-state index in [0.29, 0.717) is 11.3 Å². The number of nitrogens with zero attached hydrogens (tertiary/aromatic N) is 1. The fourth-order valence-corrected chi connectivity index (χ4v) is 2.02. The molecule has 0 aliphatic heterocycles. The molecule has 2 aromatic rings. The normalized spacial score (nSPS) is 10.5. The maximum atomic E-state index is 12.2. The van der Waals surface area contributed by atoms with Crippen LogP contribution in [0.3, 0.4) is 0 Å². The molecule has 144 valence electrons. The Hall–Kier alpha value is -3.87. The molecule has 0 radical (unpaired) electrons. The first-order valence-corrected chi connectivity index (χ1v) is 7.75. The van der Waals surface area contributed by atoms with Crippen molar-refractivity contribution in [2.45, 2.75) is 12.6 Å². The third-order valence-corrected chi connectivity index (χ3v) is 3.30. The van der Waals surface area contributed by atoms with E-state index in [1.54, 1.807) is 5.32 Å². The largest absolute Gasteiger partial charge is 0.471 e. The summed E-state index contributed by atoms with van der Waals surface area (Å²) in [5.74, 6) is -3.33. The summed E-state index contributed by atoms with van der Waals surface area (Å²) in [5, 5.41) is 15.3. The number of amides is 3. The van der Waals surface area contributed by atoms with Crippen LogP contribution in [0, 0.1) is 11.3 Å². The van der Waals surface area contributed by atoms with E-state index in [2.05, 4.69) is 10.6 Å². The molecular weight excluding hydrogens is 377 g/mol. The quantitative estimate of drug-likeness (QED) is 0.682. The molecule has 0 spiro atoms. The van der Waals surface area contributed by atoms with Gasteiger partial charge in [-0.05, 0) is 48.5 Å². The van der Waals surface area contributed by atoms with Crippen LogP contribution in [0.15, 0.2) is 48.5 Å². The van der Waals surface area contributed by atoms with Crippen molar-refractivity contribution in [2.24, 2.45) is 0 Å². The Morgan fingerprint density at radius 2 is 1.18 bits per heavy atom. The zero-order valence-electron chi connectivity index (χ0n) is 14.1. The topological polar surface area (TPSA) is 111 Å². The first kappa shape index (κ1) is 20.4. The van der Waals surface area contributed by atoms with Gasteiger partial charge in [0.15, 0.2) is 0 Å². The lowest BCUT2D eigenvalue weighted by Gasteiger charge is -2.09. The molecule has 3 N–H and O–H groups in total. The summed E-state index contributed by atoms with van der Waals surface area (Å²) in [6.07, 6.45) is -5.50. The zero-order valence-corrected chi connectivity index (χ0v) is 14.1. The number of carbonyl (C=O) groups is 3. The minimum absolute atomic E-state index is 0.0983. The lowest BCUT2D eigenvalue weighted by Crippen LogP contribution is -2.29. The number of hydrogen-bond donors (Lipinski definition) is 3. The van der Waals surface area contributed by atoms with E-state index >= 15 is 0 Å². The number of halogens is 3. The standard InChI is InChI=1S/C18H13F3N4O3/c19-18(20,21)17(28)25-14-7-5-13(6-8-14)24-16(27)9-15(26)23-12-3-1-11(10-22)2-4-12/h1-8H,9H2,(H,23,26)(H,24,27)(H,25,28). The predicted molar refractivity (Wildman–Crippen MR) is 94.2 cm³/mol. The van der Waals surface area contributed by atoms with Gasteiger partial charge in [-0.25, -0.2) is 0 Å². The Bertz CT molecular complexity index is 917. The van der Waals surface area contributed by atoms with Crippen LogP contribution in [0.5, 0.6) is 0 Å². The van der Waals surface area contributed by atoms with Crippen LogP contribution < -0.4 is 16.0 Å². The van der Waals surface area contributed by atoms with Gasteiger partial charge in [-0.3, -0.25) is 14.4 Å². The highest BCUT2D eigenvalue weighted by atomic mass is 19.4. The number of alkyl halides is 3. The van der Waals surface area contributed by atoms with E-state index in [1.807, 2.05) is 6.07 Å². The van der Waals surface area contributed by atoms with Gasteiger partial charge < -0.3 is 16.0 Å². The SMILES string of the molecule is N#Cc1ccc(NC(=O)CC(=O)Nc2ccc(NC(=O)C(F)(F)F)cc2)cc1. The van der Waals surface area contributed by atoms with Crippen molar-refractivity contribution in [3.8, 4) is 6.07 Å². The smallest absolute Gasteiger partial charge is 0.326 e. The number of hydrogen-bond acceptors (Lipinski definition) is 4. The first-order valence-electron chi connectivity index (χ1n) is 7.75. The van der Waals surface area contributed by atoms with Gasteiger partial charge in [-0.1, -0.05) is 0 Å². The monoisotopic (exact) mass is 390 g/mol. The van der Waals surface area contributed by atoms with Gasteiger partial charge in [0.1, 0.15) is 6.42 Å². The minimum Gasteiger partial charge on any atom is -0.326 e. The van der Waals surface area contributed by atoms with Gasteiger partial charge in [0.05, 0.1) is 11.6 Å². The van der Waals surface area contributed by atoms with E-state index in [-0.39, 0.29) is 11.4 Å². The Morgan fingerprint density at radius 3 is 1.57 bits per heavy atom. The van der Waals surface area contributed by atoms with E-state index < -0.39 is 30.3 Å². The molecule has 0 aromatic heterocycles. The van der Waals surface area contributed by atoms with E-state index in [1.165, 1.54) is 48.5 Å². The molecule has 0 bridgehead atoms. The summed E-state index contributed by atoms with van der Waals surface area (Å²) in [6.45, 7) is 0. The van der Waals surface area contributed by atoms with Gasteiger partial charge in [-0.2, -0.15) is 18.4 Å². The van der Waals surface area contributed by atoms with Crippen LogP contribution >= 0.6 is 0 Å². The number of benzene rings is 2. The Labute approximate surface area is 157 Å². The second-order valence-corrected chi connectivity index (χ2v) is 5.49. The van der Waals surface area contributed by atoms with Crippen molar-refractivity contribution in [1.82, 2.24) is 0 Å². The van der Waals surface area contributed by atoms with Crippen LogP contribution in [0.4, 0.5) is 30.2 Å². The number of nitrogens with one attached hydrogen (secondary N) is 3. The van der Waals surface area contributed by atoms with Gasteiger partial charge in [-0.15, -0.1) is 0 Å². The summed E-state index contributed by atoms with van der Waals surface area (Å²) in [6, 6.07) is 12.9. The molecular formula is C18H13F3N4O3. The molecule has 2 aromatic carbocycles. The van der Waals surface area contributed by atoms with Crippen LogP contribution in [-0.4, -0.2) is 23.9 Å². The van der Waals surface area contributed by atoms with Crippen molar-refractivity contribution in [2.75, 3.05) is 16.0 Å². The van der Waals surface area contributed by atoms with E-state index in [9.17, 15) is 27.6 Å². The molecule has 0 saturated heterocycles. The highest BCUT2D eigenvalue weighted by molar-refractivity contribution is 6.08. The second-order valence-electron chi connectivity index (χ2n) is 5.49. The molecule has 2 rings (SSSR count). The molecule has 7 nitrogen and oxygen atoms in total. The van der Waals surface area contributed by atoms with Gasteiger partial charge in [0.2, 0.25) is 11.8 Å². The Morgan fingerprint density at radius 1 is 0.786 bits per heavy atom. The fraction of sp³-hybridized carbons (Fsp3) is 0.111. The molecule has 0 unspecified atom stereocenters. The number of anilines is 3. The lowest BCUT2D eigenvalue weighted by atomic mass is 10.2. The van der Waals surface area contributed by atoms with Crippen molar-refractivity contribution in [1.29, 1.82) is 5.26 Å². The van der Waals surface area contributed by atoms with Crippen LogP contribution in [-0.2, 0) is 14.4 Å². The number of nitriles is 1. The predicted octanol–water partition coefficient (Wildman–Crippen LogP) is 3.03. The molecule has 10 heteroatoms. The number of rotatable bonds is 5. The molecule has 0 atom stereocenters. The van der Waals surface area contributed by atoms with Crippen molar-refractivity contribution in [3.63, 3.8) is 0 Å². The molecule has 0 saturated carbocycles. The molecule has 0 fully saturated rings. The fourth-order valence-electron chi connectivity index (χ4n) is 2.02. The van der Waals surface area contributed by atoms with Gasteiger partial charge >= 0.3 is 12.1 Å². The maximum absolute atomic E-state index is 12.2. The minimum atomic E-state index is -5.00. The van der Waals surface area contributed by atoms with Gasteiger partial charge in [0, 0.05) is 17.1 Å². The third kappa shape index (κ3) is 6.14. The zero-order chi connectivity index (χ0) is 20.7. The highest BCUT2D eigenvalue weighted by Gasteiger charge is 2.38. The average Bonchev–Trinajstić information content (AvgIpc) is 2.63. The van der Waals surface area contributed by atoms with Gasteiger partial charge in [0.25, 0.3) is 0 Å². The Balaban J connectivity index is 1.85. The van der Waals surface area contributed by atoms with E-state index in [4.69, 9.17) is 5.26 Å². The summed E-state index contributed by atoms with van der Waals surface area (Å²) in [4.78, 5) is 34.6. The third-order valence-electron chi connectivity index (χ3n) is 3.30. The lowest BCUT2D eigenvalue weighted by molar-refractivity contribution is -0.167. The highest BCUT2D eigenvalue weighted by Crippen LogP contribution is 2.19. The Kier molecular flexibility index (Phi) is 6.34. The van der Waals surface area contributed by atoms with E-state index in [0.717, 1.165) is 0 Å². The van der Waals surface area contributed by atoms with Crippen LogP contribution in [0.2, 0.25) is 0 Å². The first-order chi connectivity index (χ1) is 13.2. The molecule has 0 aliphatic rings. The summed E-state index contributed by atoms with van der Waals surface area (Å²) in [5.41, 5.74) is 0.979. The summed E-state index contributed by atoms with van der Waals surface area (Å²) < 4.78 is 36.5. The molecule has 0 heterocycles. The summed E-state index contributed by atoms with van der Waals surface area (Å²) in [7, 11) is 0. The van der Waals surface area contributed by atoms with Crippen LogP contribution in [0.25, 0.3) is 0 Å². The van der Waals surface area contributed by atoms with Crippen molar-refractivity contribution < 1.29 is 27.6 Å². The molecule has 0 aliphatic carbocycles. The number of carbonyl (C=O) groups excluding carboxylic acids is 3. The van der Waals surface area contributed by atoms with Crippen LogP contribution in [0.1, 0.15) is 12.0 Å². The van der Waals surface area contributed by atoms with Crippen molar-refractivity contribution in [3.05, 3.63) is 54.1 Å².